The SMILES string of the molecule is COC(=O)C(C)CC(O)c1ccc(C)cc1Br. The summed E-state index contributed by atoms with van der Waals surface area (Å²) in [7, 11) is 1.35. The second kappa shape index (κ2) is 6.17. The van der Waals surface area contributed by atoms with Crippen LogP contribution in [-0.4, -0.2) is 18.2 Å². The molecule has 0 radical (unpaired) electrons. The summed E-state index contributed by atoms with van der Waals surface area (Å²) in [6, 6.07) is 5.75. The van der Waals surface area contributed by atoms with Crippen molar-refractivity contribution in [3.8, 4) is 0 Å². The van der Waals surface area contributed by atoms with Crippen LogP contribution in [0.25, 0.3) is 0 Å². The van der Waals surface area contributed by atoms with Crippen LogP contribution in [0.4, 0.5) is 0 Å². The van der Waals surface area contributed by atoms with Gasteiger partial charge in [-0.1, -0.05) is 35.0 Å². The minimum Gasteiger partial charge on any atom is -0.469 e. The minimum atomic E-state index is -0.668. The van der Waals surface area contributed by atoms with Crippen molar-refractivity contribution in [3.63, 3.8) is 0 Å². The number of hydrogen-bond acceptors (Lipinski definition) is 3. The zero-order chi connectivity index (χ0) is 13.0. The largest absolute Gasteiger partial charge is 0.469 e. The highest BCUT2D eigenvalue weighted by molar-refractivity contribution is 9.10. The van der Waals surface area contributed by atoms with E-state index >= 15 is 0 Å². The molecular formula is C13H17BrO3. The molecule has 94 valence electrons. The summed E-state index contributed by atoms with van der Waals surface area (Å²) in [5.74, 6) is -0.615. The number of aliphatic hydroxyl groups is 1. The lowest BCUT2D eigenvalue weighted by atomic mass is 9.98. The van der Waals surface area contributed by atoms with Crippen molar-refractivity contribution in [3.05, 3.63) is 33.8 Å². The molecule has 0 saturated carbocycles. The second-order valence-electron chi connectivity index (χ2n) is 4.20. The average molecular weight is 301 g/mol. The van der Waals surface area contributed by atoms with Crippen LogP contribution in [0.2, 0.25) is 0 Å². The molecule has 0 heterocycles. The van der Waals surface area contributed by atoms with Crippen molar-refractivity contribution < 1.29 is 14.6 Å². The van der Waals surface area contributed by atoms with E-state index in [1.165, 1.54) is 7.11 Å². The number of carbonyl (C=O) groups excluding carboxylic acids is 1. The number of rotatable bonds is 4. The van der Waals surface area contributed by atoms with E-state index in [0.717, 1.165) is 15.6 Å². The van der Waals surface area contributed by atoms with Gasteiger partial charge in [-0.25, -0.2) is 0 Å². The number of ether oxygens (including phenoxy) is 1. The van der Waals surface area contributed by atoms with E-state index in [4.69, 9.17) is 0 Å². The van der Waals surface area contributed by atoms with Crippen LogP contribution in [0.1, 0.15) is 30.6 Å². The lowest BCUT2D eigenvalue weighted by molar-refractivity contribution is -0.145. The molecular weight excluding hydrogens is 284 g/mol. The summed E-state index contributed by atoms with van der Waals surface area (Å²) in [5.41, 5.74) is 1.92. The zero-order valence-corrected chi connectivity index (χ0v) is 11.8. The molecule has 1 rings (SSSR count). The fourth-order valence-electron chi connectivity index (χ4n) is 1.66. The fraction of sp³-hybridized carbons (Fsp3) is 0.462. The first kappa shape index (κ1) is 14.2. The van der Waals surface area contributed by atoms with Crippen LogP contribution in [0, 0.1) is 12.8 Å². The molecule has 0 amide bonds. The fourth-order valence-corrected chi connectivity index (χ4v) is 2.42. The van der Waals surface area contributed by atoms with Gasteiger partial charge in [-0.2, -0.15) is 0 Å². The van der Waals surface area contributed by atoms with Crippen molar-refractivity contribution in [1.82, 2.24) is 0 Å². The molecule has 0 aliphatic carbocycles. The summed E-state index contributed by atoms with van der Waals surface area (Å²) < 4.78 is 5.50. The van der Waals surface area contributed by atoms with Gasteiger partial charge in [0.2, 0.25) is 0 Å². The molecule has 0 aliphatic rings. The topological polar surface area (TPSA) is 46.5 Å². The maximum absolute atomic E-state index is 11.3. The number of aliphatic hydroxyl groups excluding tert-OH is 1. The van der Waals surface area contributed by atoms with Crippen LogP contribution in [-0.2, 0) is 9.53 Å². The Morgan fingerprint density at radius 3 is 2.71 bits per heavy atom. The molecule has 0 aromatic heterocycles. The van der Waals surface area contributed by atoms with Crippen LogP contribution in [0.5, 0.6) is 0 Å². The molecule has 0 aliphatic heterocycles. The second-order valence-corrected chi connectivity index (χ2v) is 5.06. The number of esters is 1. The number of aryl methyl sites for hydroxylation is 1. The Morgan fingerprint density at radius 2 is 2.18 bits per heavy atom. The summed E-state index contributed by atoms with van der Waals surface area (Å²) in [5, 5.41) is 10.1. The maximum Gasteiger partial charge on any atom is 0.308 e. The van der Waals surface area contributed by atoms with Gasteiger partial charge in [0.15, 0.2) is 0 Å². The van der Waals surface area contributed by atoms with Crippen LogP contribution >= 0.6 is 15.9 Å². The third-order valence-electron chi connectivity index (χ3n) is 2.70. The van der Waals surface area contributed by atoms with Crippen LogP contribution < -0.4 is 0 Å². The molecule has 1 aromatic rings. The van der Waals surface area contributed by atoms with E-state index in [1.807, 2.05) is 25.1 Å². The zero-order valence-electron chi connectivity index (χ0n) is 10.2. The molecule has 2 atom stereocenters. The van der Waals surface area contributed by atoms with Crippen molar-refractivity contribution in [2.24, 2.45) is 5.92 Å². The van der Waals surface area contributed by atoms with Crippen LogP contribution in [0.3, 0.4) is 0 Å². The number of hydrogen-bond donors (Lipinski definition) is 1. The summed E-state index contributed by atoms with van der Waals surface area (Å²) in [4.78, 5) is 11.3. The molecule has 0 saturated heterocycles. The third-order valence-corrected chi connectivity index (χ3v) is 3.38. The van der Waals surface area contributed by atoms with Gasteiger partial charge in [0.1, 0.15) is 0 Å². The van der Waals surface area contributed by atoms with E-state index in [9.17, 15) is 9.90 Å². The van der Waals surface area contributed by atoms with Crippen molar-refractivity contribution in [1.29, 1.82) is 0 Å². The van der Waals surface area contributed by atoms with Gasteiger partial charge in [0.25, 0.3) is 0 Å². The van der Waals surface area contributed by atoms with Gasteiger partial charge in [-0.05, 0) is 30.5 Å². The normalized spacial score (nSPS) is 14.2. The number of methoxy groups -OCH3 is 1. The minimum absolute atomic E-state index is 0.299. The first-order valence-electron chi connectivity index (χ1n) is 5.47. The number of carbonyl (C=O) groups is 1. The molecule has 2 unspecified atom stereocenters. The van der Waals surface area contributed by atoms with Gasteiger partial charge >= 0.3 is 5.97 Å². The Bertz CT molecular complexity index is 404. The van der Waals surface area contributed by atoms with Crippen molar-refractivity contribution >= 4 is 21.9 Å². The van der Waals surface area contributed by atoms with Gasteiger partial charge in [-0.3, -0.25) is 4.79 Å². The standard InChI is InChI=1S/C13H17BrO3/c1-8-4-5-10(11(14)6-8)12(15)7-9(2)13(16)17-3/h4-6,9,12,15H,7H2,1-3H3. The van der Waals surface area contributed by atoms with Gasteiger partial charge < -0.3 is 9.84 Å². The Balaban J connectivity index is 2.76. The molecule has 1 N–H and O–H groups in total. The lowest BCUT2D eigenvalue weighted by Crippen LogP contribution is -2.16. The molecule has 1 aromatic carbocycles. The summed E-state index contributed by atoms with van der Waals surface area (Å²) >= 11 is 3.42. The number of halogens is 1. The highest BCUT2D eigenvalue weighted by atomic mass is 79.9. The first-order chi connectivity index (χ1) is 7.95. The first-order valence-corrected chi connectivity index (χ1v) is 6.27. The van der Waals surface area contributed by atoms with Crippen molar-refractivity contribution in [2.45, 2.75) is 26.4 Å². The Labute approximate surface area is 110 Å². The number of benzene rings is 1. The monoisotopic (exact) mass is 300 g/mol. The van der Waals surface area contributed by atoms with Gasteiger partial charge in [0.05, 0.1) is 19.1 Å². The summed E-state index contributed by atoms with van der Waals surface area (Å²) in [6.07, 6.45) is -0.312. The summed E-state index contributed by atoms with van der Waals surface area (Å²) in [6.45, 7) is 3.73. The van der Waals surface area contributed by atoms with Gasteiger partial charge in [-0.15, -0.1) is 0 Å². The third kappa shape index (κ3) is 3.82. The van der Waals surface area contributed by atoms with E-state index in [1.54, 1.807) is 6.92 Å². The Hall–Kier alpha value is -0.870. The molecule has 0 fully saturated rings. The van der Waals surface area contributed by atoms with E-state index in [2.05, 4.69) is 20.7 Å². The highest BCUT2D eigenvalue weighted by Gasteiger charge is 2.20. The van der Waals surface area contributed by atoms with Crippen molar-refractivity contribution in [2.75, 3.05) is 7.11 Å². The highest BCUT2D eigenvalue weighted by Crippen LogP contribution is 2.29. The smallest absolute Gasteiger partial charge is 0.308 e. The molecule has 0 bridgehead atoms. The molecule has 4 heteroatoms. The average Bonchev–Trinajstić information content (AvgIpc) is 2.27. The van der Waals surface area contributed by atoms with Crippen LogP contribution in [0.15, 0.2) is 22.7 Å². The molecule has 3 nitrogen and oxygen atoms in total. The predicted octanol–water partition coefficient (Wildman–Crippen LogP) is 2.99. The maximum atomic E-state index is 11.3. The lowest BCUT2D eigenvalue weighted by Gasteiger charge is -2.16. The quantitative estimate of drug-likeness (QED) is 0.870. The van der Waals surface area contributed by atoms with Gasteiger partial charge in [0, 0.05) is 4.47 Å². The van der Waals surface area contributed by atoms with E-state index in [-0.39, 0.29) is 11.9 Å². The predicted molar refractivity (Wildman–Crippen MR) is 69.6 cm³/mol. The molecule has 0 spiro atoms. The Morgan fingerprint density at radius 1 is 1.53 bits per heavy atom. The van der Waals surface area contributed by atoms with E-state index in [0.29, 0.717) is 6.42 Å². The van der Waals surface area contributed by atoms with E-state index < -0.39 is 6.10 Å². The molecule has 17 heavy (non-hydrogen) atoms. The Kier molecular flexibility index (Phi) is 5.15.